The van der Waals surface area contributed by atoms with E-state index in [0.29, 0.717) is 27.3 Å². The predicted octanol–water partition coefficient (Wildman–Crippen LogP) is 4.48. The Labute approximate surface area is 204 Å². The smallest absolute Gasteiger partial charge is 0.283 e. The Balaban J connectivity index is 1.37. The molecule has 2 aliphatic rings. The Bertz CT molecular complexity index is 1400. The number of nitrogens with zero attached hydrogens (tertiary/aromatic N) is 4. The number of hydrazone groups is 1. The van der Waals surface area contributed by atoms with Gasteiger partial charge in [-0.05, 0) is 65.4 Å². The van der Waals surface area contributed by atoms with E-state index in [0.717, 1.165) is 11.1 Å². The van der Waals surface area contributed by atoms with Gasteiger partial charge in [0.2, 0.25) is 5.17 Å². The summed E-state index contributed by atoms with van der Waals surface area (Å²) in [7, 11) is 1.51. The fourth-order valence-electron chi connectivity index (χ4n) is 3.40. The van der Waals surface area contributed by atoms with Crippen molar-refractivity contribution in [3.8, 4) is 11.5 Å². The number of aliphatic imine (C=N–C) groups is 1. The first-order valence-corrected chi connectivity index (χ1v) is 11.3. The van der Waals surface area contributed by atoms with Crippen LogP contribution in [0.3, 0.4) is 0 Å². The molecule has 0 bridgehead atoms. The first kappa shape index (κ1) is 22.5. The van der Waals surface area contributed by atoms with Crippen LogP contribution in [-0.4, -0.2) is 39.1 Å². The molecule has 0 radical (unpaired) electrons. The number of aromatic nitrogens is 1. The van der Waals surface area contributed by atoms with E-state index >= 15 is 0 Å². The topological polar surface area (TPSA) is 100 Å². The van der Waals surface area contributed by atoms with Crippen LogP contribution in [0.5, 0.6) is 11.5 Å². The Morgan fingerprint density at radius 2 is 1.86 bits per heavy atom. The average Bonchev–Trinajstić information content (AvgIpc) is 3.31. The van der Waals surface area contributed by atoms with Crippen molar-refractivity contribution in [2.45, 2.75) is 6.61 Å². The number of hydrogen-bond donors (Lipinski definition) is 1. The fourth-order valence-corrected chi connectivity index (χ4v) is 4.30. The quantitative estimate of drug-likeness (QED) is 0.515. The summed E-state index contributed by atoms with van der Waals surface area (Å²) in [6.45, 7) is 0.238. The summed E-state index contributed by atoms with van der Waals surface area (Å²) in [5, 5.41) is 15.4. The van der Waals surface area contributed by atoms with E-state index in [1.54, 1.807) is 60.9 Å². The summed E-state index contributed by atoms with van der Waals surface area (Å²) in [5.74, 6) is 0.0551. The molecule has 0 spiro atoms. The maximum Gasteiger partial charge on any atom is 0.283 e. The molecular formula is C25H18FN5O3S. The number of halogens is 1. The maximum atomic E-state index is 13.1. The van der Waals surface area contributed by atoms with E-state index in [4.69, 9.17) is 14.9 Å². The second kappa shape index (κ2) is 9.51. The number of nitrogens with one attached hydrogen (secondary N) is 1. The molecule has 174 valence electrons. The summed E-state index contributed by atoms with van der Waals surface area (Å²) in [6.07, 6.45) is 4.88. The van der Waals surface area contributed by atoms with Crippen molar-refractivity contribution in [2.75, 3.05) is 7.11 Å². The van der Waals surface area contributed by atoms with Crippen LogP contribution in [0.1, 0.15) is 16.7 Å². The van der Waals surface area contributed by atoms with Crippen molar-refractivity contribution in [3.63, 3.8) is 0 Å². The first-order chi connectivity index (χ1) is 17.0. The summed E-state index contributed by atoms with van der Waals surface area (Å²) >= 11 is 1.23. The van der Waals surface area contributed by atoms with E-state index in [2.05, 4.69) is 15.1 Å². The molecule has 0 unspecified atom stereocenters. The molecule has 1 aromatic heterocycles. The highest BCUT2D eigenvalue weighted by Crippen LogP contribution is 2.33. The lowest BCUT2D eigenvalue weighted by atomic mass is 10.1. The van der Waals surface area contributed by atoms with Gasteiger partial charge in [-0.25, -0.2) is 4.39 Å². The molecule has 35 heavy (non-hydrogen) atoms. The van der Waals surface area contributed by atoms with Gasteiger partial charge < -0.3 is 9.47 Å². The number of pyridine rings is 1. The normalized spacial score (nSPS) is 16.2. The minimum atomic E-state index is -0.518. The number of hydrogen-bond acceptors (Lipinski definition) is 7. The van der Waals surface area contributed by atoms with Crippen LogP contribution in [0.4, 0.5) is 4.39 Å². The summed E-state index contributed by atoms with van der Waals surface area (Å²) < 4.78 is 24.4. The zero-order valence-corrected chi connectivity index (χ0v) is 19.3. The Morgan fingerprint density at radius 3 is 2.60 bits per heavy atom. The highest BCUT2D eigenvalue weighted by molar-refractivity contribution is 8.27. The third-order valence-corrected chi connectivity index (χ3v) is 6.15. The molecule has 0 atom stereocenters. The first-order valence-electron chi connectivity index (χ1n) is 10.5. The van der Waals surface area contributed by atoms with Gasteiger partial charge in [0, 0.05) is 18.0 Å². The molecule has 8 nitrogen and oxygen atoms in total. The predicted molar refractivity (Wildman–Crippen MR) is 132 cm³/mol. The monoisotopic (exact) mass is 487 g/mol. The van der Waals surface area contributed by atoms with Crippen LogP contribution in [0.2, 0.25) is 0 Å². The average molecular weight is 488 g/mol. The minimum absolute atomic E-state index is 0.0628. The van der Waals surface area contributed by atoms with E-state index in [1.807, 2.05) is 0 Å². The lowest BCUT2D eigenvalue weighted by molar-refractivity contribution is -0.114. The van der Waals surface area contributed by atoms with Crippen molar-refractivity contribution in [3.05, 3.63) is 95.1 Å². The molecule has 5 rings (SSSR count). The maximum absolute atomic E-state index is 13.1. The number of methoxy groups -OCH3 is 1. The number of amidine groups is 2. The van der Waals surface area contributed by atoms with Crippen LogP contribution in [0.25, 0.3) is 6.08 Å². The van der Waals surface area contributed by atoms with Crippen molar-refractivity contribution in [2.24, 2.45) is 10.1 Å². The van der Waals surface area contributed by atoms with Crippen LogP contribution in [-0.2, 0) is 11.4 Å². The van der Waals surface area contributed by atoms with Crippen molar-refractivity contribution >= 4 is 39.8 Å². The van der Waals surface area contributed by atoms with Gasteiger partial charge in [-0.3, -0.25) is 15.2 Å². The second-order valence-corrected chi connectivity index (χ2v) is 8.44. The van der Waals surface area contributed by atoms with Crippen LogP contribution in [0.15, 0.2) is 82.7 Å². The lowest BCUT2D eigenvalue weighted by Gasteiger charge is -2.20. The number of thioether (sulfide) groups is 1. The van der Waals surface area contributed by atoms with Crippen LogP contribution < -0.4 is 9.47 Å². The highest BCUT2D eigenvalue weighted by atomic mass is 32.2. The third kappa shape index (κ3) is 4.69. The number of carbonyl (C=O) groups is 1. The van der Waals surface area contributed by atoms with Gasteiger partial charge in [-0.1, -0.05) is 18.2 Å². The molecule has 3 aromatic rings. The number of fused-ring (bicyclic) bond motifs is 1. The van der Waals surface area contributed by atoms with E-state index < -0.39 is 5.91 Å². The van der Waals surface area contributed by atoms with Gasteiger partial charge in [0.25, 0.3) is 5.91 Å². The van der Waals surface area contributed by atoms with Crippen molar-refractivity contribution in [1.29, 1.82) is 5.41 Å². The van der Waals surface area contributed by atoms with E-state index in [-0.39, 0.29) is 23.8 Å². The van der Waals surface area contributed by atoms with Gasteiger partial charge >= 0.3 is 0 Å². The standard InChI is InChI=1S/C25H18FN5O3S/c1-33-21-13-16(4-7-20(21)34-14-15-2-5-18(26)6-3-15)12-19-22(27)31-25(29-23(19)32)35-24(30-31)17-8-10-28-11-9-17/h2-13,27H,14H2,1H3/b19-12+,27-22?. The SMILES string of the molecule is COc1cc(/C=C2\C(=N)N3N=C(c4ccncc4)SC3=NC2=O)ccc1OCc1ccc(F)cc1. The van der Waals surface area contributed by atoms with Gasteiger partial charge in [0.1, 0.15) is 17.5 Å². The number of amides is 1. The molecule has 2 aromatic carbocycles. The Morgan fingerprint density at radius 1 is 1.09 bits per heavy atom. The lowest BCUT2D eigenvalue weighted by Crippen LogP contribution is -2.35. The molecule has 0 saturated heterocycles. The van der Waals surface area contributed by atoms with Gasteiger partial charge in [0.15, 0.2) is 17.3 Å². The summed E-state index contributed by atoms with van der Waals surface area (Å²) in [5.41, 5.74) is 2.38. The van der Waals surface area contributed by atoms with E-state index in [9.17, 15) is 9.18 Å². The molecule has 10 heteroatoms. The molecule has 1 amide bonds. The second-order valence-electron chi connectivity index (χ2n) is 7.49. The highest BCUT2D eigenvalue weighted by Gasteiger charge is 2.36. The number of benzene rings is 2. The fraction of sp³-hybridized carbons (Fsp3) is 0.0800. The molecule has 2 aliphatic heterocycles. The molecular weight excluding hydrogens is 469 g/mol. The Kier molecular flexibility index (Phi) is 6.11. The van der Waals surface area contributed by atoms with Crippen molar-refractivity contribution in [1.82, 2.24) is 9.99 Å². The Hall–Kier alpha value is -4.31. The third-order valence-electron chi connectivity index (χ3n) is 5.19. The largest absolute Gasteiger partial charge is 0.493 e. The molecule has 1 N–H and O–H groups in total. The van der Waals surface area contributed by atoms with Gasteiger partial charge in [0.05, 0.1) is 12.7 Å². The number of carbonyl (C=O) groups excluding carboxylic acids is 1. The molecule has 0 aliphatic carbocycles. The molecule has 0 fully saturated rings. The van der Waals surface area contributed by atoms with Crippen LogP contribution >= 0.6 is 11.8 Å². The van der Waals surface area contributed by atoms with Gasteiger partial charge in [-0.2, -0.15) is 15.1 Å². The summed E-state index contributed by atoms with van der Waals surface area (Å²) in [4.78, 5) is 20.8. The van der Waals surface area contributed by atoms with Gasteiger partial charge in [-0.15, -0.1) is 0 Å². The number of ether oxygens (including phenoxy) is 2. The molecule has 0 saturated carbocycles. The van der Waals surface area contributed by atoms with Crippen molar-refractivity contribution < 1.29 is 18.7 Å². The number of rotatable bonds is 6. The summed E-state index contributed by atoms with van der Waals surface area (Å²) in [6, 6.07) is 14.8. The van der Waals surface area contributed by atoms with Crippen LogP contribution in [0, 0.1) is 11.2 Å². The molecule has 3 heterocycles. The van der Waals surface area contributed by atoms with E-state index in [1.165, 1.54) is 36.0 Å². The minimum Gasteiger partial charge on any atom is -0.493 e. The zero-order chi connectivity index (χ0) is 24.4. The zero-order valence-electron chi connectivity index (χ0n) is 18.4.